The Balaban J connectivity index is 2.79. The third-order valence-electron chi connectivity index (χ3n) is 2.35. The van der Waals surface area contributed by atoms with E-state index in [1.54, 1.807) is 6.92 Å². The molecule has 1 aromatic rings. The first kappa shape index (κ1) is 13.3. The minimum atomic E-state index is 0.362. The van der Waals surface area contributed by atoms with E-state index < -0.39 is 0 Å². The number of hydrogen-bond acceptors (Lipinski definition) is 4. The minimum Gasteiger partial charge on any atom is -0.464 e. The van der Waals surface area contributed by atoms with Gasteiger partial charge in [0.05, 0.1) is 0 Å². The van der Waals surface area contributed by atoms with Crippen molar-refractivity contribution in [3.05, 3.63) is 12.4 Å². The van der Waals surface area contributed by atoms with Crippen molar-refractivity contribution in [3.8, 4) is 17.7 Å². The largest absolute Gasteiger partial charge is 0.464 e. The Bertz CT molecular complexity index is 407. The number of aromatic nitrogens is 2. The zero-order valence-corrected chi connectivity index (χ0v) is 10.9. The number of rotatable bonds is 5. The van der Waals surface area contributed by atoms with Gasteiger partial charge in [0.1, 0.15) is 12.1 Å². The van der Waals surface area contributed by atoms with Crippen LogP contribution in [0, 0.1) is 11.8 Å². The lowest BCUT2D eigenvalue weighted by molar-refractivity contribution is 0.354. The quantitative estimate of drug-likeness (QED) is 0.730. The number of ether oxygens (including phenoxy) is 1. The highest BCUT2D eigenvalue weighted by molar-refractivity contribution is 5.41. The first-order chi connectivity index (χ1) is 8.19. The van der Waals surface area contributed by atoms with E-state index in [2.05, 4.69) is 47.5 Å². The van der Waals surface area contributed by atoms with Gasteiger partial charge in [-0.3, -0.25) is 0 Å². The fraction of sp³-hybridized carbons (Fsp3) is 0.538. The van der Waals surface area contributed by atoms with Gasteiger partial charge in [-0.25, -0.2) is 9.97 Å². The van der Waals surface area contributed by atoms with Gasteiger partial charge in [-0.2, -0.15) is 0 Å². The molecule has 0 aliphatic rings. The Morgan fingerprint density at radius 2 is 2.18 bits per heavy atom. The van der Waals surface area contributed by atoms with Crippen LogP contribution in [-0.2, 0) is 0 Å². The maximum absolute atomic E-state index is 5.41. The molecule has 0 aliphatic carbocycles. The summed E-state index contributed by atoms with van der Waals surface area (Å²) in [6.45, 7) is 9.42. The summed E-state index contributed by atoms with van der Waals surface area (Å²) < 4.78 is 5.41. The molecule has 17 heavy (non-hydrogen) atoms. The van der Waals surface area contributed by atoms with Gasteiger partial charge in [-0.05, 0) is 27.7 Å². The van der Waals surface area contributed by atoms with Crippen molar-refractivity contribution in [1.29, 1.82) is 0 Å². The summed E-state index contributed by atoms with van der Waals surface area (Å²) >= 11 is 0. The molecule has 0 aromatic carbocycles. The second-order valence-corrected chi connectivity index (χ2v) is 3.81. The highest BCUT2D eigenvalue weighted by atomic mass is 16.5. The van der Waals surface area contributed by atoms with Crippen molar-refractivity contribution >= 4 is 5.82 Å². The third kappa shape index (κ3) is 3.95. The van der Waals surface area contributed by atoms with Gasteiger partial charge in [-0.15, -0.1) is 5.92 Å². The average Bonchev–Trinajstić information content (AvgIpc) is 2.30. The van der Waals surface area contributed by atoms with Gasteiger partial charge in [0.15, 0.2) is 6.61 Å². The van der Waals surface area contributed by atoms with Gasteiger partial charge in [0.25, 0.3) is 0 Å². The molecule has 0 saturated heterocycles. The van der Waals surface area contributed by atoms with Crippen LogP contribution in [0.15, 0.2) is 12.4 Å². The summed E-state index contributed by atoms with van der Waals surface area (Å²) in [6, 6.07) is 2.25. The summed E-state index contributed by atoms with van der Waals surface area (Å²) in [6.07, 6.45) is 1.52. The van der Waals surface area contributed by atoms with Crippen LogP contribution in [0.5, 0.6) is 5.88 Å². The first-order valence-electron chi connectivity index (χ1n) is 5.80. The van der Waals surface area contributed by atoms with Crippen molar-refractivity contribution in [2.75, 3.05) is 18.1 Å². The molecule has 1 rings (SSSR count). The molecule has 0 fully saturated rings. The maximum Gasteiger partial charge on any atom is 0.219 e. The van der Waals surface area contributed by atoms with Crippen LogP contribution < -0.4 is 9.64 Å². The van der Waals surface area contributed by atoms with Gasteiger partial charge < -0.3 is 9.64 Å². The lowest BCUT2D eigenvalue weighted by Gasteiger charge is -2.26. The molecule has 0 aliphatic heterocycles. The third-order valence-corrected chi connectivity index (χ3v) is 2.35. The average molecular weight is 233 g/mol. The van der Waals surface area contributed by atoms with E-state index in [1.165, 1.54) is 6.33 Å². The Morgan fingerprint density at radius 3 is 2.76 bits per heavy atom. The van der Waals surface area contributed by atoms with Crippen LogP contribution in [0.25, 0.3) is 0 Å². The van der Waals surface area contributed by atoms with E-state index in [0.29, 0.717) is 18.5 Å². The molecule has 4 heteroatoms. The lowest BCUT2D eigenvalue weighted by atomic mass is 10.3. The Morgan fingerprint density at radius 1 is 1.41 bits per heavy atom. The molecular formula is C13H19N3O. The van der Waals surface area contributed by atoms with Gasteiger partial charge in [0, 0.05) is 18.7 Å². The molecule has 0 saturated carbocycles. The van der Waals surface area contributed by atoms with Crippen molar-refractivity contribution in [2.24, 2.45) is 0 Å². The molecule has 0 spiro atoms. The van der Waals surface area contributed by atoms with Crippen LogP contribution in [0.2, 0.25) is 0 Å². The summed E-state index contributed by atoms with van der Waals surface area (Å²) in [5.41, 5.74) is 0. The van der Waals surface area contributed by atoms with Crippen LogP contribution in [-0.4, -0.2) is 29.2 Å². The molecule has 1 aromatic heterocycles. The Hall–Kier alpha value is -1.76. The predicted octanol–water partition coefficient (Wildman–Crippen LogP) is 2.11. The van der Waals surface area contributed by atoms with Crippen molar-refractivity contribution < 1.29 is 4.74 Å². The van der Waals surface area contributed by atoms with E-state index in [0.717, 1.165) is 12.4 Å². The van der Waals surface area contributed by atoms with E-state index >= 15 is 0 Å². The standard InChI is InChI=1S/C13H19N3O/c1-5-7-8-17-13-9-12(14-10-15-13)16(6-2)11(3)4/h9-11H,6,8H2,1-4H3. The molecule has 92 valence electrons. The molecule has 1 heterocycles. The smallest absolute Gasteiger partial charge is 0.219 e. The fourth-order valence-electron chi connectivity index (χ4n) is 1.54. The fourth-order valence-corrected chi connectivity index (χ4v) is 1.54. The topological polar surface area (TPSA) is 38.2 Å². The normalized spacial score (nSPS) is 9.71. The molecular weight excluding hydrogens is 214 g/mol. The van der Waals surface area contributed by atoms with E-state index in [1.807, 2.05) is 6.07 Å². The lowest BCUT2D eigenvalue weighted by Crippen LogP contribution is -2.31. The molecule has 4 nitrogen and oxygen atoms in total. The molecule has 0 atom stereocenters. The summed E-state index contributed by atoms with van der Waals surface area (Å²) in [5.74, 6) is 7.06. The maximum atomic E-state index is 5.41. The number of anilines is 1. The summed E-state index contributed by atoms with van der Waals surface area (Å²) in [5, 5.41) is 0. The van der Waals surface area contributed by atoms with Crippen molar-refractivity contribution in [2.45, 2.75) is 33.7 Å². The predicted molar refractivity (Wildman–Crippen MR) is 69.1 cm³/mol. The van der Waals surface area contributed by atoms with Crippen LogP contribution in [0.3, 0.4) is 0 Å². The first-order valence-corrected chi connectivity index (χ1v) is 5.80. The van der Waals surface area contributed by atoms with E-state index in [4.69, 9.17) is 4.74 Å². The van der Waals surface area contributed by atoms with E-state index in [9.17, 15) is 0 Å². The number of nitrogens with zero attached hydrogens (tertiary/aromatic N) is 3. The Labute approximate surface area is 103 Å². The molecule has 0 amide bonds. The van der Waals surface area contributed by atoms with Crippen molar-refractivity contribution in [1.82, 2.24) is 9.97 Å². The number of hydrogen-bond donors (Lipinski definition) is 0. The zero-order chi connectivity index (χ0) is 12.7. The van der Waals surface area contributed by atoms with Crippen LogP contribution in [0.1, 0.15) is 27.7 Å². The summed E-state index contributed by atoms with van der Waals surface area (Å²) in [7, 11) is 0. The van der Waals surface area contributed by atoms with Crippen LogP contribution in [0.4, 0.5) is 5.82 Å². The second kappa shape index (κ2) is 6.74. The Kier molecular flexibility index (Phi) is 5.28. The van der Waals surface area contributed by atoms with Crippen LogP contribution >= 0.6 is 0 Å². The van der Waals surface area contributed by atoms with Gasteiger partial charge in [0.2, 0.25) is 5.88 Å². The highest BCUT2D eigenvalue weighted by Gasteiger charge is 2.10. The molecule has 0 bridgehead atoms. The van der Waals surface area contributed by atoms with E-state index in [-0.39, 0.29) is 0 Å². The highest BCUT2D eigenvalue weighted by Crippen LogP contribution is 2.17. The van der Waals surface area contributed by atoms with Crippen molar-refractivity contribution in [3.63, 3.8) is 0 Å². The minimum absolute atomic E-state index is 0.362. The SMILES string of the molecule is CC#CCOc1cc(N(CC)C(C)C)ncn1. The monoisotopic (exact) mass is 233 g/mol. The molecule has 0 N–H and O–H groups in total. The zero-order valence-electron chi connectivity index (χ0n) is 10.9. The van der Waals surface area contributed by atoms with Gasteiger partial charge in [-0.1, -0.05) is 5.92 Å². The molecule has 0 unspecified atom stereocenters. The molecule has 0 radical (unpaired) electrons. The second-order valence-electron chi connectivity index (χ2n) is 3.81. The summed E-state index contributed by atoms with van der Waals surface area (Å²) in [4.78, 5) is 10.5. The van der Waals surface area contributed by atoms with Gasteiger partial charge >= 0.3 is 0 Å².